The average Bonchev–Trinajstić information content (AvgIpc) is 3.17. The molecule has 0 spiro atoms. The Balaban J connectivity index is 1.83. The molecule has 0 radical (unpaired) electrons. The van der Waals surface area contributed by atoms with E-state index in [2.05, 4.69) is 20.6 Å². The molecule has 4 rings (SSSR count). The quantitative estimate of drug-likeness (QED) is 0.644. The van der Waals surface area contributed by atoms with E-state index in [1.54, 1.807) is 36.2 Å². The number of fused-ring (bicyclic) bond motifs is 2. The number of aryl methyl sites for hydroxylation is 1. The predicted octanol–water partition coefficient (Wildman–Crippen LogP) is 1.65. The number of aromatic amines is 1. The van der Waals surface area contributed by atoms with Crippen LogP contribution in [0.4, 0.5) is 5.69 Å². The minimum atomic E-state index is -0.252. The number of nitrogens with one attached hydrogen (secondary N) is 3. The Morgan fingerprint density at radius 1 is 1.29 bits per heavy atom. The number of hydrogen-bond donors (Lipinski definition) is 3. The van der Waals surface area contributed by atoms with Crippen LogP contribution >= 0.6 is 0 Å². The smallest absolute Gasteiger partial charge is 0.258 e. The number of H-pyrrole nitrogens is 1. The van der Waals surface area contributed by atoms with Crippen molar-refractivity contribution >= 4 is 29.2 Å². The Morgan fingerprint density at radius 2 is 2.11 bits per heavy atom. The number of amides is 2. The molecule has 146 valence electrons. The lowest BCUT2D eigenvalue weighted by Crippen LogP contribution is -2.37. The van der Waals surface area contributed by atoms with Crippen LogP contribution in [0, 0.1) is 6.92 Å². The van der Waals surface area contributed by atoms with Gasteiger partial charge in [-0.3, -0.25) is 9.59 Å². The number of pyridine rings is 1. The number of aromatic nitrogens is 2. The van der Waals surface area contributed by atoms with E-state index in [0.29, 0.717) is 53.7 Å². The highest BCUT2D eigenvalue weighted by molar-refractivity contribution is 6.34. The van der Waals surface area contributed by atoms with Crippen molar-refractivity contribution in [3.8, 4) is 5.88 Å². The molecule has 2 aliphatic heterocycles. The van der Waals surface area contributed by atoms with Crippen LogP contribution in [-0.2, 0) is 4.79 Å². The van der Waals surface area contributed by atoms with Crippen LogP contribution in [0.2, 0.25) is 0 Å². The summed E-state index contributed by atoms with van der Waals surface area (Å²) in [5, 5.41) is 6.11. The summed E-state index contributed by atoms with van der Waals surface area (Å²) in [5.74, 6) is 0.108. The van der Waals surface area contributed by atoms with E-state index in [4.69, 9.17) is 4.74 Å². The van der Waals surface area contributed by atoms with Crippen LogP contribution in [0.1, 0.15) is 34.4 Å². The zero-order chi connectivity index (χ0) is 19.8. The molecule has 1 atom stereocenters. The van der Waals surface area contributed by atoms with Crippen molar-refractivity contribution < 1.29 is 14.3 Å². The van der Waals surface area contributed by atoms with Crippen LogP contribution < -0.4 is 15.4 Å². The maximum Gasteiger partial charge on any atom is 0.258 e. The first-order valence-electron chi connectivity index (χ1n) is 9.29. The summed E-state index contributed by atoms with van der Waals surface area (Å²) in [6, 6.07) is 5.34. The molecule has 2 aromatic rings. The lowest BCUT2D eigenvalue weighted by atomic mass is 10.1. The molecular formula is C20H23N5O3. The van der Waals surface area contributed by atoms with E-state index in [1.807, 2.05) is 13.8 Å². The number of hydrogen-bond acceptors (Lipinski definition) is 5. The van der Waals surface area contributed by atoms with Gasteiger partial charge in [-0.15, -0.1) is 0 Å². The maximum atomic E-state index is 12.9. The van der Waals surface area contributed by atoms with Gasteiger partial charge in [-0.1, -0.05) is 0 Å². The molecule has 2 aliphatic rings. The minimum Gasteiger partial charge on any atom is -0.473 e. The van der Waals surface area contributed by atoms with Gasteiger partial charge in [0.25, 0.3) is 11.8 Å². The molecule has 8 heteroatoms. The second kappa shape index (κ2) is 7.12. The van der Waals surface area contributed by atoms with E-state index in [0.717, 1.165) is 5.69 Å². The minimum absolute atomic E-state index is 0.0995. The number of carbonyl (C=O) groups excluding carboxylic acids is 2. The van der Waals surface area contributed by atoms with Crippen LogP contribution in [0.15, 0.2) is 18.2 Å². The topological polar surface area (TPSA) is 99.3 Å². The number of ether oxygens (including phenoxy) is 1. The third-order valence-electron chi connectivity index (χ3n) is 4.84. The number of anilines is 1. The lowest BCUT2D eigenvalue weighted by molar-refractivity contribution is -0.110. The first kappa shape index (κ1) is 18.2. The zero-order valence-electron chi connectivity index (χ0n) is 16.1. The van der Waals surface area contributed by atoms with Gasteiger partial charge in [0.1, 0.15) is 11.8 Å². The Labute approximate surface area is 163 Å². The molecular weight excluding hydrogens is 358 g/mol. The Hall–Kier alpha value is -3.13. The van der Waals surface area contributed by atoms with Crippen molar-refractivity contribution in [2.45, 2.75) is 20.0 Å². The van der Waals surface area contributed by atoms with E-state index in [9.17, 15) is 9.59 Å². The van der Waals surface area contributed by atoms with Crippen LogP contribution in [-0.4, -0.2) is 59.5 Å². The summed E-state index contributed by atoms with van der Waals surface area (Å²) >= 11 is 0. The van der Waals surface area contributed by atoms with E-state index in [-0.39, 0.29) is 17.9 Å². The second-order valence-electron chi connectivity index (χ2n) is 7.20. The molecule has 8 nitrogen and oxygen atoms in total. The van der Waals surface area contributed by atoms with Crippen molar-refractivity contribution in [3.05, 3.63) is 40.8 Å². The van der Waals surface area contributed by atoms with Gasteiger partial charge in [0.2, 0.25) is 5.88 Å². The van der Waals surface area contributed by atoms with Gasteiger partial charge < -0.3 is 25.3 Å². The maximum absolute atomic E-state index is 12.9. The first-order chi connectivity index (χ1) is 13.4. The monoisotopic (exact) mass is 381 g/mol. The van der Waals surface area contributed by atoms with Gasteiger partial charge in [0.05, 0.1) is 22.5 Å². The Kier molecular flexibility index (Phi) is 4.64. The number of carbonyl (C=O) groups is 2. The van der Waals surface area contributed by atoms with Crippen molar-refractivity contribution in [1.82, 2.24) is 20.2 Å². The summed E-state index contributed by atoms with van der Waals surface area (Å²) in [6.45, 7) is 5.66. The molecule has 0 saturated heterocycles. The molecule has 0 fully saturated rings. The van der Waals surface area contributed by atoms with E-state index in [1.165, 1.54) is 0 Å². The molecule has 4 heterocycles. The van der Waals surface area contributed by atoms with Crippen LogP contribution in [0.25, 0.3) is 11.6 Å². The Morgan fingerprint density at radius 3 is 2.93 bits per heavy atom. The number of nitrogens with zero attached hydrogens (tertiary/aromatic N) is 2. The standard InChI is InChI=1S/C20H23N5O3/c1-11-8-13-16(22-11)9-14-18-15(23-19(14)26)4-5-17(24-18)28-12(2)10-21-6-7-25(3)20(13)27/h4-5,8-9,12,21-22H,6-7,10H2,1-3H3,(H,23,26)/b14-9-/t12-/m0/s1. The highest BCUT2D eigenvalue weighted by Crippen LogP contribution is 2.33. The summed E-state index contributed by atoms with van der Waals surface area (Å²) in [4.78, 5) is 34.8. The number of rotatable bonds is 0. The third kappa shape index (κ3) is 3.38. The molecule has 0 aromatic carbocycles. The van der Waals surface area contributed by atoms with Crippen molar-refractivity contribution in [2.24, 2.45) is 0 Å². The third-order valence-corrected chi connectivity index (χ3v) is 4.84. The van der Waals surface area contributed by atoms with Gasteiger partial charge in [-0.2, -0.15) is 0 Å². The fraction of sp³-hybridized carbons (Fsp3) is 0.350. The number of likely N-dealkylation sites (N-methyl/N-ethyl adjacent to an activating group) is 1. The molecule has 3 N–H and O–H groups in total. The normalized spacial score (nSPS) is 21.8. The zero-order valence-corrected chi connectivity index (χ0v) is 16.1. The highest BCUT2D eigenvalue weighted by Gasteiger charge is 2.28. The molecule has 28 heavy (non-hydrogen) atoms. The van der Waals surface area contributed by atoms with Crippen molar-refractivity contribution in [1.29, 1.82) is 0 Å². The van der Waals surface area contributed by atoms with Crippen molar-refractivity contribution in [2.75, 3.05) is 32.0 Å². The van der Waals surface area contributed by atoms with Crippen molar-refractivity contribution in [3.63, 3.8) is 0 Å². The van der Waals surface area contributed by atoms with Crippen LogP contribution in [0.3, 0.4) is 0 Å². The van der Waals surface area contributed by atoms with Gasteiger partial charge in [-0.05, 0) is 32.1 Å². The second-order valence-corrected chi connectivity index (χ2v) is 7.20. The fourth-order valence-corrected chi connectivity index (χ4v) is 3.40. The van der Waals surface area contributed by atoms with E-state index < -0.39 is 0 Å². The summed E-state index contributed by atoms with van der Waals surface area (Å²) in [5.41, 5.74) is 3.53. The fourth-order valence-electron chi connectivity index (χ4n) is 3.40. The van der Waals surface area contributed by atoms with Crippen LogP contribution in [0.5, 0.6) is 5.88 Å². The predicted molar refractivity (Wildman–Crippen MR) is 106 cm³/mol. The SMILES string of the molecule is Cc1cc2c([nH]1)/C=C1\C(=O)Nc3ccc(nc31)O[C@@H](C)CNCCN(C)C2=O. The molecule has 0 saturated carbocycles. The largest absolute Gasteiger partial charge is 0.473 e. The summed E-state index contributed by atoms with van der Waals surface area (Å²) in [7, 11) is 1.77. The Bertz CT molecular complexity index is 978. The highest BCUT2D eigenvalue weighted by atomic mass is 16.5. The van der Waals surface area contributed by atoms with Gasteiger partial charge in [0.15, 0.2) is 0 Å². The van der Waals surface area contributed by atoms with Gasteiger partial charge >= 0.3 is 0 Å². The molecule has 0 aliphatic carbocycles. The van der Waals surface area contributed by atoms with Gasteiger partial charge in [-0.25, -0.2) is 4.98 Å². The average molecular weight is 381 g/mol. The molecule has 2 amide bonds. The molecule has 0 unspecified atom stereocenters. The van der Waals surface area contributed by atoms with E-state index >= 15 is 0 Å². The summed E-state index contributed by atoms with van der Waals surface area (Å²) < 4.78 is 5.89. The molecule has 2 aromatic heterocycles. The first-order valence-corrected chi connectivity index (χ1v) is 9.29. The summed E-state index contributed by atoms with van der Waals surface area (Å²) in [6.07, 6.45) is 1.58. The van der Waals surface area contributed by atoms with Gasteiger partial charge in [0, 0.05) is 38.4 Å². The lowest BCUT2D eigenvalue weighted by Gasteiger charge is -2.19. The molecule has 2 bridgehead atoms.